The number of aryl methyl sites for hydroxylation is 1. The molecule has 3 heterocycles. The molecule has 18 heavy (non-hydrogen) atoms. The molecule has 0 aliphatic heterocycles. The molecule has 0 radical (unpaired) electrons. The van der Waals surface area contributed by atoms with E-state index in [0.29, 0.717) is 17.1 Å². The summed E-state index contributed by atoms with van der Waals surface area (Å²) in [4.78, 5) is 15.2. The minimum absolute atomic E-state index is 0.0334. The van der Waals surface area contributed by atoms with Gasteiger partial charge >= 0.3 is 5.97 Å². The summed E-state index contributed by atoms with van der Waals surface area (Å²) < 4.78 is 6.73. The second kappa shape index (κ2) is 3.69. The normalized spacial score (nSPS) is 10.9. The maximum Gasteiger partial charge on any atom is 0.356 e. The first-order valence-electron chi connectivity index (χ1n) is 5.30. The van der Waals surface area contributed by atoms with Gasteiger partial charge in [0.05, 0.1) is 12.0 Å². The standard InChI is InChI=1S/C12H9N3O3/c1-7-4-5-8-10(12(16)17)13-11(15(8)14-7)9-3-2-6-18-9/h2-6H,1H3,(H,16,17). The van der Waals surface area contributed by atoms with Crippen LogP contribution in [-0.2, 0) is 0 Å². The zero-order valence-corrected chi connectivity index (χ0v) is 9.49. The molecule has 0 aromatic carbocycles. The first-order valence-corrected chi connectivity index (χ1v) is 5.30. The summed E-state index contributed by atoms with van der Waals surface area (Å²) in [5, 5.41) is 13.4. The van der Waals surface area contributed by atoms with Crippen LogP contribution in [0.1, 0.15) is 16.2 Å². The summed E-state index contributed by atoms with van der Waals surface area (Å²) in [6.45, 7) is 1.83. The molecule has 3 rings (SSSR count). The van der Waals surface area contributed by atoms with Crippen molar-refractivity contribution in [2.75, 3.05) is 0 Å². The predicted octanol–water partition coefficient (Wildman–Crippen LogP) is 2.00. The lowest BCUT2D eigenvalue weighted by Crippen LogP contribution is -1.98. The first kappa shape index (κ1) is 10.5. The van der Waals surface area contributed by atoms with Gasteiger partial charge in [-0.1, -0.05) is 0 Å². The lowest BCUT2D eigenvalue weighted by molar-refractivity contribution is 0.0693. The fourth-order valence-corrected chi connectivity index (χ4v) is 1.79. The molecule has 90 valence electrons. The lowest BCUT2D eigenvalue weighted by atomic mass is 10.3. The van der Waals surface area contributed by atoms with Gasteiger partial charge in [-0.2, -0.15) is 5.10 Å². The number of aromatic nitrogens is 3. The van der Waals surface area contributed by atoms with E-state index in [9.17, 15) is 4.79 Å². The second-order valence-electron chi connectivity index (χ2n) is 3.84. The molecule has 0 spiro atoms. The monoisotopic (exact) mass is 243 g/mol. The molecule has 0 unspecified atom stereocenters. The van der Waals surface area contributed by atoms with Crippen LogP contribution in [0.3, 0.4) is 0 Å². The van der Waals surface area contributed by atoms with E-state index in [4.69, 9.17) is 9.52 Å². The molecule has 6 heteroatoms. The van der Waals surface area contributed by atoms with Gasteiger partial charge in [0.15, 0.2) is 17.3 Å². The summed E-state index contributed by atoms with van der Waals surface area (Å²) in [7, 11) is 0. The number of carboxylic acid groups (broad SMARTS) is 1. The minimum Gasteiger partial charge on any atom is -0.476 e. The Balaban J connectivity index is 2.38. The molecular formula is C12H9N3O3. The van der Waals surface area contributed by atoms with Gasteiger partial charge < -0.3 is 9.52 Å². The first-order chi connectivity index (χ1) is 8.66. The van der Waals surface area contributed by atoms with E-state index in [1.165, 1.54) is 10.8 Å². The van der Waals surface area contributed by atoms with Crippen LogP contribution in [0.25, 0.3) is 17.1 Å². The van der Waals surface area contributed by atoms with Crippen molar-refractivity contribution in [1.29, 1.82) is 0 Å². The molecule has 0 aliphatic carbocycles. The van der Waals surface area contributed by atoms with Gasteiger partial charge in [-0.25, -0.2) is 14.3 Å². The third-order valence-corrected chi connectivity index (χ3v) is 2.57. The van der Waals surface area contributed by atoms with Crippen LogP contribution in [0.15, 0.2) is 34.9 Å². The highest BCUT2D eigenvalue weighted by molar-refractivity contribution is 5.94. The number of aromatic carboxylic acids is 1. The van der Waals surface area contributed by atoms with Crippen LogP contribution in [0.2, 0.25) is 0 Å². The Hall–Kier alpha value is -2.63. The second-order valence-corrected chi connectivity index (χ2v) is 3.84. The molecular weight excluding hydrogens is 234 g/mol. The van der Waals surface area contributed by atoms with Gasteiger partial charge in [0.1, 0.15) is 5.52 Å². The van der Waals surface area contributed by atoms with E-state index in [1.807, 2.05) is 6.92 Å². The van der Waals surface area contributed by atoms with E-state index < -0.39 is 5.97 Å². The number of carboxylic acids is 1. The maximum atomic E-state index is 11.1. The highest BCUT2D eigenvalue weighted by atomic mass is 16.4. The van der Waals surface area contributed by atoms with Crippen LogP contribution in [0, 0.1) is 6.92 Å². The molecule has 6 nitrogen and oxygen atoms in total. The zero-order valence-electron chi connectivity index (χ0n) is 9.49. The average Bonchev–Trinajstić information content (AvgIpc) is 2.93. The summed E-state index contributed by atoms with van der Waals surface area (Å²) in [6.07, 6.45) is 1.51. The number of furan rings is 1. The Morgan fingerprint density at radius 1 is 1.39 bits per heavy atom. The molecule has 0 amide bonds. The fraction of sp³-hybridized carbons (Fsp3) is 0.0833. The predicted molar refractivity (Wildman–Crippen MR) is 62.4 cm³/mol. The van der Waals surface area contributed by atoms with Crippen LogP contribution in [0.4, 0.5) is 0 Å². The van der Waals surface area contributed by atoms with Crippen molar-refractivity contribution in [3.05, 3.63) is 41.9 Å². The van der Waals surface area contributed by atoms with Crippen molar-refractivity contribution in [3.63, 3.8) is 0 Å². The van der Waals surface area contributed by atoms with Crippen molar-refractivity contribution >= 4 is 11.5 Å². The zero-order chi connectivity index (χ0) is 12.7. The van der Waals surface area contributed by atoms with Gasteiger partial charge in [0, 0.05) is 0 Å². The molecule has 0 saturated heterocycles. The van der Waals surface area contributed by atoms with Gasteiger partial charge in [-0.05, 0) is 31.2 Å². The summed E-state index contributed by atoms with van der Waals surface area (Å²) in [6, 6.07) is 6.86. The van der Waals surface area contributed by atoms with Crippen LogP contribution in [0.5, 0.6) is 0 Å². The molecule has 0 aliphatic rings. The smallest absolute Gasteiger partial charge is 0.356 e. The minimum atomic E-state index is -1.09. The van der Waals surface area contributed by atoms with Crippen LogP contribution in [-0.4, -0.2) is 25.7 Å². The van der Waals surface area contributed by atoms with Crippen molar-refractivity contribution in [2.24, 2.45) is 0 Å². The van der Waals surface area contributed by atoms with Gasteiger partial charge in [0.25, 0.3) is 0 Å². The van der Waals surface area contributed by atoms with Crippen molar-refractivity contribution in [3.8, 4) is 11.6 Å². The van der Waals surface area contributed by atoms with E-state index in [0.717, 1.165) is 5.69 Å². The highest BCUT2D eigenvalue weighted by Crippen LogP contribution is 2.22. The number of rotatable bonds is 2. The molecule has 0 saturated carbocycles. The molecule has 0 bridgehead atoms. The van der Waals surface area contributed by atoms with Gasteiger partial charge in [0.2, 0.25) is 0 Å². The Morgan fingerprint density at radius 2 is 2.22 bits per heavy atom. The molecule has 3 aromatic rings. The largest absolute Gasteiger partial charge is 0.476 e. The van der Waals surface area contributed by atoms with E-state index in [1.54, 1.807) is 24.3 Å². The summed E-state index contributed by atoms with van der Waals surface area (Å²) in [5.74, 6) is -0.220. The Labute approximate surface area is 101 Å². The number of hydrogen-bond acceptors (Lipinski definition) is 4. The van der Waals surface area contributed by atoms with Crippen LogP contribution < -0.4 is 0 Å². The fourth-order valence-electron chi connectivity index (χ4n) is 1.79. The number of nitrogens with zero attached hydrogens (tertiary/aromatic N) is 3. The SMILES string of the molecule is Cc1ccc2c(C(=O)O)nc(-c3ccco3)n2n1. The maximum absolute atomic E-state index is 11.1. The number of imidazole rings is 1. The van der Waals surface area contributed by atoms with E-state index in [-0.39, 0.29) is 5.69 Å². The lowest BCUT2D eigenvalue weighted by Gasteiger charge is -1.98. The third kappa shape index (κ3) is 1.46. The van der Waals surface area contributed by atoms with E-state index in [2.05, 4.69) is 10.1 Å². The number of carbonyl (C=O) groups is 1. The van der Waals surface area contributed by atoms with Crippen molar-refractivity contribution in [2.45, 2.75) is 6.92 Å². The van der Waals surface area contributed by atoms with Gasteiger partial charge in [-0.3, -0.25) is 0 Å². The Bertz CT molecular complexity index is 728. The number of hydrogen-bond donors (Lipinski definition) is 1. The van der Waals surface area contributed by atoms with E-state index >= 15 is 0 Å². The van der Waals surface area contributed by atoms with Gasteiger partial charge in [-0.15, -0.1) is 0 Å². The van der Waals surface area contributed by atoms with Crippen molar-refractivity contribution in [1.82, 2.24) is 14.6 Å². The highest BCUT2D eigenvalue weighted by Gasteiger charge is 2.19. The number of fused-ring (bicyclic) bond motifs is 1. The Kier molecular flexibility index (Phi) is 2.16. The average molecular weight is 243 g/mol. The van der Waals surface area contributed by atoms with Crippen LogP contribution >= 0.6 is 0 Å². The molecule has 1 N–H and O–H groups in total. The topological polar surface area (TPSA) is 80.6 Å². The van der Waals surface area contributed by atoms with Crippen molar-refractivity contribution < 1.29 is 14.3 Å². The third-order valence-electron chi connectivity index (χ3n) is 2.57. The Morgan fingerprint density at radius 3 is 2.89 bits per heavy atom. The summed E-state index contributed by atoms with van der Waals surface area (Å²) in [5.41, 5.74) is 1.18. The molecule has 3 aromatic heterocycles. The molecule has 0 fully saturated rings. The quantitative estimate of drug-likeness (QED) is 0.744. The summed E-state index contributed by atoms with van der Waals surface area (Å²) >= 11 is 0. The molecule has 0 atom stereocenters.